The summed E-state index contributed by atoms with van der Waals surface area (Å²) in [7, 11) is 0. The van der Waals surface area contributed by atoms with Crippen LogP contribution in [0.1, 0.15) is 5.56 Å². The van der Waals surface area contributed by atoms with Crippen LogP contribution in [0.25, 0.3) is 33.3 Å². The number of benzene rings is 2. The smallest absolute Gasteiger partial charge is 0.187 e. The second-order valence-corrected chi connectivity index (χ2v) is 6.91. The van der Waals surface area contributed by atoms with Crippen LogP contribution in [0.5, 0.6) is 0 Å². The highest BCUT2D eigenvalue weighted by molar-refractivity contribution is 5.81. The second kappa shape index (κ2) is 6.69. The predicted octanol–water partition coefficient (Wildman–Crippen LogP) is 5.95. The minimum atomic E-state index is 0.854. The molecule has 0 radical (unpaired) electrons. The molecule has 0 amide bonds. The highest BCUT2D eigenvalue weighted by atomic mass is 15.0. The average Bonchev–Trinajstić information content (AvgIpc) is 2.99. The zero-order valence-electron chi connectivity index (χ0n) is 15.0. The van der Waals surface area contributed by atoms with Crippen molar-refractivity contribution in [3.63, 3.8) is 0 Å². The van der Waals surface area contributed by atoms with E-state index in [2.05, 4.69) is 114 Å². The highest BCUT2D eigenvalue weighted by Crippen LogP contribution is 2.31. The molecule has 0 aliphatic heterocycles. The quantitative estimate of drug-likeness (QED) is 0.356. The van der Waals surface area contributed by atoms with Crippen molar-refractivity contribution in [2.45, 2.75) is 6.54 Å². The molecule has 1 heterocycles. The lowest BCUT2D eigenvalue weighted by molar-refractivity contribution is -0.651. The SMILES string of the molecule is c1ccc(C[n+]2c(-c3cc4cccccc-4c3)ccc3ccccc32)cc1. The molecule has 2 aliphatic rings. The first-order valence-electron chi connectivity index (χ1n) is 9.33. The summed E-state index contributed by atoms with van der Waals surface area (Å²) in [6.45, 7) is 0.854. The van der Waals surface area contributed by atoms with E-state index in [1.807, 2.05) is 0 Å². The number of nitrogens with zero attached hydrogens (tertiary/aromatic N) is 1. The fourth-order valence-corrected chi connectivity index (χ4v) is 3.81. The summed E-state index contributed by atoms with van der Waals surface area (Å²) in [6.07, 6.45) is 0. The van der Waals surface area contributed by atoms with E-state index in [1.165, 1.54) is 38.9 Å². The third-order valence-electron chi connectivity index (χ3n) is 5.15. The summed E-state index contributed by atoms with van der Waals surface area (Å²) in [5.74, 6) is 0. The summed E-state index contributed by atoms with van der Waals surface area (Å²) in [6, 6.07) is 39.0. The Kier molecular flexibility index (Phi) is 3.91. The third-order valence-corrected chi connectivity index (χ3v) is 5.15. The van der Waals surface area contributed by atoms with Gasteiger partial charge in [-0.2, -0.15) is 4.57 Å². The molecule has 2 aliphatic carbocycles. The summed E-state index contributed by atoms with van der Waals surface area (Å²) in [4.78, 5) is 0. The van der Waals surface area contributed by atoms with Gasteiger partial charge < -0.3 is 0 Å². The topological polar surface area (TPSA) is 3.88 Å². The first-order valence-corrected chi connectivity index (χ1v) is 9.33. The van der Waals surface area contributed by atoms with E-state index in [0.29, 0.717) is 0 Å². The second-order valence-electron chi connectivity index (χ2n) is 6.91. The number of rotatable bonds is 3. The Bertz CT molecular complexity index is 1160. The Hall–Kier alpha value is -3.45. The maximum atomic E-state index is 2.43. The number of aromatic nitrogens is 1. The van der Waals surface area contributed by atoms with Crippen LogP contribution in [0.2, 0.25) is 0 Å². The molecule has 1 heteroatoms. The van der Waals surface area contributed by atoms with Crippen LogP contribution < -0.4 is 4.57 Å². The van der Waals surface area contributed by atoms with Crippen molar-refractivity contribution in [2.75, 3.05) is 0 Å². The van der Waals surface area contributed by atoms with Crippen molar-refractivity contribution in [3.8, 4) is 22.4 Å². The monoisotopic (exact) mass is 346 g/mol. The van der Waals surface area contributed by atoms with Gasteiger partial charge in [0.2, 0.25) is 11.2 Å². The van der Waals surface area contributed by atoms with Gasteiger partial charge in [-0.25, -0.2) is 0 Å². The molecule has 3 aromatic rings. The van der Waals surface area contributed by atoms with E-state index in [0.717, 1.165) is 6.54 Å². The Labute approximate surface area is 159 Å². The molecule has 0 spiro atoms. The maximum Gasteiger partial charge on any atom is 0.213 e. The zero-order chi connectivity index (χ0) is 18.1. The van der Waals surface area contributed by atoms with Gasteiger partial charge >= 0.3 is 0 Å². The first-order chi connectivity index (χ1) is 13.4. The minimum absolute atomic E-state index is 0.854. The van der Waals surface area contributed by atoms with Gasteiger partial charge in [0.1, 0.15) is 0 Å². The molecule has 0 atom stereocenters. The molecule has 0 fully saturated rings. The Balaban J connectivity index is 1.74. The van der Waals surface area contributed by atoms with E-state index in [1.54, 1.807) is 0 Å². The van der Waals surface area contributed by atoms with Crippen molar-refractivity contribution in [3.05, 3.63) is 115 Å². The standard InChI is InChI=1S/C26H20N/c1-3-9-20(10-4-1)19-27-25-14-8-7-11-21(25)15-16-26(27)24-17-22-12-5-2-6-13-23(22)18-24/h1-18H,19H2/q+1. The number of para-hydroxylation sites is 1. The van der Waals surface area contributed by atoms with Gasteiger partial charge in [-0.05, 0) is 35.4 Å². The Morgan fingerprint density at radius 2 is 1.15 bits per heavy atom. The summed E-state index contributed by atoms with van der Waals surface area (Å²) in [5.41, 5.74) is 7.62. The van der Waals surface area contributed by atoms with Crippen molar-refractivity contribution in [2.24, 2.45) is 0 Å². The van der Waals surface area contributed by atoms with Crippen molar-refractivity contribution in [1.29, 1.82) is 0 Å². The van der Waals surface area contributed by atoms with Gasteiger partial charge in [0, 0.05) is 28.6 Å². The van der Waals surface area contributed by atoms with Crippen LogP contribution in [0.3, 0.4) is 0 Å². The average molecular weight is 346 g/mol. The molecular formula is C26H20N+. The molecule has 0 unspecified atom stereocenters. The molecule has 1 aromatic heterocycles. The van der Waals surface area contributed by atoms with E-state index in [4.69, 9.17) is 0 Å². The lowest BCUT2D eigenvalue weighted by atomic mass is 10.1. The first kappa shape index (κ1) is 15.8. The number of hydrogen-bond donors (Lipinski definition) is 0. The number of fused-ring (bicyclic) bond motifs is 2. The van der Waals surface area contributed by atoms with Crippen LogP contribution >= 0.6 is 0 Å². The fraction of sp³-hybridized carbons (Fsp3) is 0.0385. The molecule has 0 N–H and O–H groups in total. The molecular weight excluding hydrogens is 326 g/mol. The van der Waals surface area contributed by atoms with E-state index in [-0.39, 0.29) is 0 Å². The van der Waals surface area contributed by atoms with Gasteiger partial charge in [-0.1, -0.05) is 72.8 Å². The molecule has 27 heavy (non-hydrogen) atoms. The largest absolute Gasteiger partial charge is 0.213 e. The van der Waals surface area contributed by atoms with E-state index in [9.17, 15) is 0 Å². The summed E-state index contributed by atoms with van der Waals surface area (Å²) in [5, 5.41) is 1.26. The van der Waals surface area contributed by atoms with E-state index < -0.39 is 0 Å². The third kappa shape index (κ3) is 2.98. The van der Waals surface area contributed by atoms with Crippen molar-refractivity contribution in [1.82, 2.24) is 0 Å². The van der Waals surface area contributed by atoms with Gasteiger partial charge in [-0.15, -0.1) is 0 Å². The molecule has 5 rings (SSSR count). The lowest BCUT2D eigenvalue weighted by Crippen LogP contribution is -2.37. The van der Waals surface area contributed by atoms with Crippen molar-refractivity contribution >= 4 is 10.9 Å². The van der Waals surface area contributed by atoms with Crippen LogP contribution in [0.15, 0.2) is 109 Å². The minimum Gasteiger partial charge on any atom is -0.187 e. The van der Waals surface area contributed by atoms with Crippen LogP contribution in [0.4, 0.5) is 0 Å². The zero-order valence-corrected chi connectivity index (χ0v) is 15.0. The van der Waals surface area contributed by atoms with Gasteiger partial charge in [0.15, 0.2) is 6.54 Å². The van der Waals surface area contributed by atoms with E-state index >= 15 is 0 Å². The summed E-state index contributed by atoms with van der Waals surface area (Å²) < 4.78 is 2.43. The normalized spacial score (nSPS) is 11.1. The van der Waals surface area contributed by atoms with Crippen LogP contribution in [0, 0.1) is 0 Å². The number of pyridine rings is 1. The maximum absolute atomic E-state index is 2.43. The van der Waals surface area contributed by atoms with Gasteiger partial charge in [-0.3, -0.25) is 0 Å². The van der Waals surface area contributed by atoms with Crippen molar-refractivity contribution < 1.29 is 4.57 Å². The molecule has 0 saturated heterocycles. The molecule has 0 bridgehead atoms. The van der Waals surface area contributed by atoms with Gasteiger partial charge in [0.05, 0.1) is 0 Å². The molecule has 128 valence electrons. The molecule has 0 saturated carbocycles. The fourth-order valence-electron chi connectivity index (χ4n) is 3.81. The lowest BCUT2D eigenvalue weighted by Gasteiger charge is -2.07. The van der Waals surface area contributed by atoms with Crippen LogP contribution in [-0.2, 0) is 6.54 Å². The number of hydrogen-bond acceptors (Lipinski definition) is 0. The molecule has 1 nitrogen and oxygen atoms in total. The molecule has 2 aromatic carbocycles. The summed E-state index contributed by atoms with van der Waals surface area (Å²) >= 11 is 0. The predicted molar refractivity (Wildman–Crippen MR) is 112 cm³/mol. The van der Waals surface area contributed by atoms with Crippen LogP contribution in [-0.4, -0.2) is 0 Å². The Morgan fingerprint density at radius 3 is 1.89 bits per heavy atom. The van der Waals surface area contributed by atoms with Gasteiger partial charge in [0.25, 0.3) is 0 Å². The Morgan fingerprint density at radius 1 is 0.519 bits per heavy atom. The highest BCUT2D eigenvalue weighted by Gasteiger charge is 2.20.